The minimum atomic E-state index is -0.359. The van der Waals surface area contributed by atoms with Crippen molar-refractivity contribution in [2.75, 3.05) is 13.1 Å². The van der Waals surface area contributed by atoms with Crippen LogP contribution in [0.25, 0.3) is 0 Å². The Kier molecular flexibility index (Phi) is 9.65. The maximum absolute atomic E-state index is 12.1. The smallest absolute Gasteiger partial charge is 0.249 e. The Bertz CT molecular complexity index is 666. The highest BCUT2D eigenvalue weighted by Gasteiger charge is 2.29. The summed E-state index contributed by atoms with van der Waals surface area (Å²) in [7, 11) is 0. The minimum absolute atomic E-state index is 0. The second kappa shape index (κ2) is 11.2. The zero-order chi connectivity index (χ0) is 16.8. The SMILES string of the molecule is Cl.Cl.NC[C@H]1CC[C@@H](C(=O)NCCc2nccn2Cc2ccccc2)O1. The lowest BCUT2D eigenvalue weighted by Crippen LogP contribution is -2.36. The summed E-state index contributed by atoms with van der Waals surface area (Å²) in [6, 6.07) is 10.3. The van der Waals surface area contributed by atoms with Crippen molar-refractivity contribution >= 4 is 30.7 Å². The Balaban J connectivity index is 0.00000169. The van der Waals surface area contributed by atoms with Crippen molar-refractivity contribution in [3.8, 4) is 0 Å². The Morgan fingerprint density at radius 3 is 2.73 bits per heavy atom. The lowest BCUT2D eigenvalue weighted by Gasteiger charge is -2.13. The van der Waals surface area contributed by atoms with Gasteiger partial charge >= 0.3 is 0 Å². The summed E-state index contributed by atoms with van der Waals surface area (Å²) in [6.45, 7) is 1.81. The van der Waals surface area contributed by atoms with E-state index in [0.717, 1.165) is 25.2 Å². The van der Waals surface area contributed by atoms with E-state index >= 15 is 0 Å². The van der Waals surface area contributed by atoms with E-state index in [0.29, 0.717) is 19.5 Å². The topological polar surface area (TPSA) is 82.2 Å². The van der Waals surface area contributed by atoms with Crippen molar-refractivity contribution in [1.29, 1.82) is 0 Å². The van der Waals surface area contributed by atoms with E-state index in [1.54, 1.807) is 6.20 Å². The van der Waals surface area contributed by atoms with Gasteiger partial charge in [0.2, 0.25) is 5.91 Å². The number of imidazole rings is 1. The van der Waals surface area contributed by atoms with Crippen molar-refractivity contribution in [2.45, 2.75) is 38.0 Å². The van der Waals surface area contributed by atoms with Crippen LogP contribution in [0, 0.1) is 0 Å². The number of hydrogen-bond donors (Lipinski definition) is 2. The normalized spacial score (nSPS) is 18.7. The van der Waals surface area contributed by atoms with E-state index in [-0.39, 0.29) is 42.9 Å². The van der Waals surface area contributed by atoms with Gasteiger partial charge in [-0.1, -0.05) is 30.3 Å². The molecule has 0 spiro atoms. The first-order valence-electron chi connectivity index (χ1n) is 8.43. The molecular weight excluding hydrogens is 375 g/mol. The van der Waals surface area contributed by atoms with E-state index in [9.17, 15) is 4.79 Å². The molecule has 8 heteroatoms. The number of amides is 1. The molecule has 1 amide bonds. The minimum Gasteiger partial charge on any atom is -0.364 e. The number of carbonyl (C=O) groups is 1. The molecule has 3 N–H and O–H groups in total. The summed E-state index contributed by atoms with van der Waals surface area (Å²) < 4.78 is 7.71. The highest BCUT2D eigenvalue weighted by atomic mass is 35.5. The van der Waals surface area contributed by atoms with Crippen LogP contribution in [-0.2, 0) is 22.5 Å². The van der Waals surface area contributed by atoms with Gasteiger partial charge < -0.3 is 20.4 Å². The standard InChI is InChI=1S/C18H24N4O2.2ClH/c19-12-15-6-7-16(24-15)18(23)21-9-8-17-20-10-11-22(17)13-14-4-2-1-3-5-14;;/h1-5,10-11,15-16H,6-9,12-13,19H2,(H,21,23);2*1H/t15-,16+;;/m1../s1. The molecule has 144 valence electrons. The van der Waals surface area contributed by atoms with Crippen LogP contribution < -0.4 is 11.1 Å². The fourth-order valence-electron chi connectivity index (χ4n) is 2.98. The Morgan fingerprint density at radius 1 is 1.27 bits per heavy atom. The maximum Gasteiger partial charge on any atom is 0.249 e. The number of benzene rings is 1. The largest absolute Gasteiger partial charge is 0.364 e. The average Bonchev–Trinajstić information content (AvgIpc) is 3.25. The molecule has 1 aliphatic heterocycles. The predicted molar refractivity (Wildman–Crippen MR) is 106 cm³/mol. The molecule has 3 rings (SSSR count). The summed E-state index contributed by atoms with van der Waals surface area (Å²) in [5, 5.41) is 2.94. The average molecular weight is 401 g/mol. The van der Waals surface area contributed by atoms with Gasteiger partial charge in [0.25, 0.3) is 0 Å². The molecule has 26 heavy (non-hydrogen) atoms. The summed E-state index contributed by atoms with van der Waals surface area (Å²) in [5.41, 5.74) is 6.80. The molecule has 0 bridgehead atoms. The monoisotopic (exact) mass is 400 g/mol. The predicted octanol–water partition coefficient (Wildman–Crippen LogP) is 1.94. The van der Waals surface area contributed by atoms with E-state index in [4.69, 9.17) is 10.5 Å². The number of hydrogen-bond acceptors (Lipinski definition) is 4. The molecule has 0 saturated carbocycles. The fraction of sp³-hybridized carbons (Fsp3) is 0.444. The van der Waals surface area contributed by atoms with Gasteiger partial charge in [-0.2, -0.15) is 0 Å². The van der Waals surface area contributed by atoms with Crippen LogP contribution >= 0.6 is 24.8 Å². The number of nitrogens with zero attached hydrogens (tertiary/aromatic N) is 2. The second-order valence-corrected chi connectivity index (χ2v) is 6.06. The van der Waals surface area contributed by atoms with Crippen LogP contribution in [-0.4, -0.2) is 40.8 Å². The Hall–Kier alpha value is -1.60. The molecule has 2 heterocycles. The molecular formula is C18H26Cl2N4O2. The summed E-state index contributed by atoms with van der Waals surface area (Å²) in [6.07, 6.45) is 5.72. The van der Waals surface area contributed by atoms with Crippen molar-refractivity contribution in [2.24, 2.45) is 5.73 Å². The Labute approximate surface area is 166 Å². The molecule has 0 radical (unpaired) electrons. The molecule has 1 fully saturated rings. The maximum atomic E-state index is 12.1. The van der Waals surface area contributed by atoms with Gasteiger partial charge in [0.15, 0.2) is 0 Å². The summed E-state index contributed by atoms with van der Waals surface area (Å²) in [4.78, 5) is 16.5. The lowest BCUT2D eigenvalue weighted by molar-refractivity contribution is -0.131. The lowest BCUT2D eigenvalue weighted by atomic mass is 10.2. The van der Waals surface area contributed by atoms with Gasteiger partial charge in [0, 0.05) is 38.4 Å². The molecule has 1 aliphatic rings. The first kappa shape index (κ1) is 22.4. The highest BCUT2D eigenvalue weighted by Crippen LogP contribution is 2.18. The molecule has 1 saturated heterocycles. The molecule has 0 unspecified atom stereocenters. The fourth-order valence-corrected chi connectivity index (χ4v) is 2.98. The number of nitrogens with two attached hydrogens (primary N) is 1. The number of aromatic nitrogens is 2. The van der Waals surface area contributed by atoms with Crippen molar-refractivity contribution < 1.29 is 9.53 Å². The number of ether oxygens (including phenoxy) is 1. The molecule has 2 atom stereocenters. The van der Waals surface area contributed by atoms with Gasteiger partial charge in [0.05, 0.1) is 6.10 Å². The third kappa shape index (κ3) is 5.99. The van der Waals surface area contributed by atoms with Crippen LogP contribution in [0.3, 0.4) is 0 Å². The van der Waals surface area contributed by atoms with E-state index < -0.39 is 0 Å². The van der Waals surface area contributed by atoms with Crippen molar-refractivity contribution in [1.82, 2.24) is 14.9 Å². The third-order valence-electron chi connectivity index (χ3n) is 4.31. The van der Waals surface area contributed by atoms with Gasteiger partial charge in [-0.15, -0.1) is 24.8 Å². The molecule has 0 aliphatic carbocycles. The number of halogens is 2. The van der Waals surface area contributed by atoms with Gasteiger partial charge in [-0.3, -0.25) is 4.79 Å². The molecule has 2 aromatic rings. The second-order valence-electron chi connectivity index (χ2n) is 6.06. The van der Waals surface area contributed by atoms with Crippen molar-refractivity contribution in [3.63, 3.8) is 0 Å². The van der Waals surface area contributed by atoms with E-state index in [1.165, 1.54) is 5.56 Å². The zero-order valence-electron chi connectivity index (χ0n) is 14.5. The van der Waals surface area contributed by atoms with Crippen molar-refractivity contribution in [3.05, 3.63) is 54.1 Å². The van der Waals surface area contributed by atoms with Gasteiger partial charge in [0.1, 0.15) is 11.9 Å². The highest BCUT2D eigenvalue weighted by molar-refractivity contribution is 5.85. The van der Waals surface area contributed by atoms with E-state index in [1.807, 2.05) is 24.4 Å². The first-order chi connectivity index (χ1) is 11.8. The van der Waals surface area contributed by atoms with E-state index in [2.05, 4.69) is 27.0 Å². The van der Waals surface area contributed by atoms with Gasteiger partial charge in [-0.05, 0) is 18.4 Å². The molecule has 6 nitrogen and oxygen atoms in total. The van der Waals surface area contributed by atoms with Crippen LogP contribution in [0.5, 0.6) is 0 Å². The summed E-state index contributed by atoms with van der Waals surface area (Å²) >= 11 is 0. The number of nitrogens with one attached hydrogen (secondary N) is 1. The summed E-state index contributed by atoms with van der Waals surface area (Å²) in [5.74, 6) is 0.915. The van der Waals surface area contributed by atoms with Crippen LogP contribution in [0.15, 0.2) is 42.7 Å². The van der Waals surface area contributed by atoms with Crippen LogP contribution in [0.4, 0.5) is 0 Å². The van der Waals surface area contributed by atoms with Gasteiger partial charge in [-0.25, -0.2) is 4.98 Å². The zero-order valence-corrected chi connectivity index (χ0v) is 16.2. The van der Waals surface area contributed by atoms with Crippen LogP contribution in [0.2, 0.25) is 0 Å². The molecule has 1 aromatic heterocycles. The van der Waals surface area contributed by atoms with Crippen LogP contribution in [0.1, 0.15) is 24.2 Å². The first-order valence-corrected chi connectivity index (χ1v) is 8.43. The Morgan fingerprint density at radius 2 is 2.04 bits per heavy atom. The third-order valence-corrected chi connectivity index (χ3v) is 4.31. The quantitative estimate of drug-likeness (QED) is 0.743. The molecule has 1 aromatic carbocycles. The number of rotatable bonds is 7. The number of carbonyl (C=O) groups excluding carboxylic acids is 1.